The molecule has 0 aliphatic heterocycles. The lowest BCUT2D eigenvalue weighted by atomic mass is 10.0. The number of hydrogen-bond acceptors (Lipinski definition) is 1. The van der Waals surface area contributed by atoms with E-state index in [1.807, 2.05) is 0 Å². The van der Waals surface area contributed by atoms with Gasteiger partial charge in [-0.2, -0.15) is 5.26 Å². The molecule has 1 heteroatoms. The van der Waals surface area contributed by atoms with E-state index in [0.29, 0.717) is 0 Å². The Morgan fingerprint density at radius 2 is 2.00 bits per heavy atom. The van der Waals surface area contributed by atoms with Crippen LogP contribution >= 0.6 is 0 Å². The topological polar surface area (TPSA) is 23.8 Å². The van der Waals surface area contributed by atoms with E-state index in [9.17, 15) is 0 Å². The van der Waals surface area contributed by atoms with Gasteiger partial charge in [-0.1, -0.05) is 0 Å². The average Bonchev–Trinajstić information content (AvgIpc) is 2.63. The first-order chi connectivity index (χ1) is 3.87. The molecule has 2 fully saturated rings. The van der Waals surface area contributed by atoms with Crippen molar-refractivity contribution >= 4 is 0 Å². The van der Waals surface area contributed by atoms with E-state index < -0.39 is 0 Å². The minimum absolute atomic E-state index is 0.208. The third-order valence-corrected chi connectivity index (χ3v) is 2.37. The van der Waals surface area contributed by atoms with Gasteiger partial charge in [-0.25, -0.2) is 0 Å². The zero-order valence-corrected chi connectivity index (χ0v) is 4.85. The molecule has 0 saturated heterocycles. The van der Waals surface area contributed by atoms with E-state index in [1.165, 1.54) is 25.7 Å². The molecule has 0 aromatic heterocycles. The summed E-state index contributed by atoms with van der Waals surface area (Å²) in [6.45, 7) is 0. The molecule has 0 heterocycles. The highest BCUT2D eigenvalue weighted by Crippen LogP contribution is 2.60. The lowest BCUT2D eigenvalue weighted by Gasteiger charge is -1.96. The van der Waals surface area contributed by atoms with Crippen LogP contribution in [0.25, 0.3) is 0 Å². The summed E-state index contributed by atoms with van der Waals surface area (Å²) in [5.74, 6) is 0.812. The highest BCUT2D eigenvalue weighted by molar-refractivity contribution is 5.16. The summed E-state index contributed by atoms with van der Waals surface area (Å²) in [6.07, 6.45) is 5.03. The van der Waals surface area contributed by atoms with Gasteiger partial charge in [-0.15, -0.1) is 0 Å². The molecule has 1 nitrogen and oxygen atoms in total. The minimum Gasteiger partial charge on any atom is -0.198 e. The highest BCUT2D eigenvalue weighted by atomic mass is 14.6. The van der Waals surface area contributed by atoms with Gasteiger partial charge in [0.05, 0.1) is 11.5 Å². The van der Waals surface area contributed by atoms with E-state index in [-0.39, 0.29) is 5.41 Å². The molecule has 0 unspecified atom stereocenters. The highest BCUT2D eigenvalue weighted by Gasteiger charge is 2.54. The Balaban J connectivity index is 2.12. The largest absolute Gasteiger partial charge is 0.198 e. The van der Waals surface area contributed by atoms with Gasteiger partial charge in [-0.3, -0.25) is 0 Å². The molecule has 0 aromatic carbocycles. The number of rotatable bonds is 1. The Bertz CT molecular complexity index is 146. The Morgan fingerprint density at radius 3 is 2.12 bits per heavy atom. The summed E-state index contributed by atoms with van der Waals surface area (Å²) in [6, 6.07) is 2.41. The van der Waals surface area contributed by atoms with E-state index in [1.54, 1.807) is 0 Å². The second kappa shape index (κ2) is 1.07. The summed E-state index contributed by atoms with van der Waals surface area (Å²) in [5, 5.41) is 8.62. The number of nitrogens with zero attached hydrogens (tertiary/aromatic N) is 1. The summed E-state index contributed by atoms with van der Waals surface area (Å²) in [5.41, 5.74) is 0.208. The van der Waals surface area contributed by atoms with Crippen LogP contribution in [0.2, 0.25) is 0 Å². The van der Waals surface area contributed by atoms with E-state index >= 15 is 0 Å². The fraction of sp³-hybridized carbons (Fsp3) is 0.857. The van der Waals surface area contributed by atoms with Crippen LogP contribution in [-0.2, 0) is 0 Å². The second-order valence-corrected chi connectivity index (χ2v) is 3.04. The van der Waals surface area contributed by atoms with Crippen LogP contribution in [0.1, 0.15) is 25.7 Å². The van der Waals surface area contributed by atoms with Crippen molar-refractivity contribution in [2.24, 2.45) is 11.3 Å². The molecule has 2 rings (SSSR count). The smallest absolute Gasteiger partial charge is 0.0692 e. The van der Waals surface area contributed by atoms with Gasteiger partial charge in [0.1, 0.15) is 0 Å². The van der Waals surface area contributed by atoms with Crippen LogP contribution in [-0.4, -0.2) is 0 Å². The number of nitriles is 1. The SMILES string of the molecule is N#CC1(C2CC2)CC1. The summed E-state index contributed by atoms with van der Waals surface area (Å²) in [7, 11) is 0. The molecule has 0 atom stereocenters. The fourth-order valence-electron chi connectivity index (χ4n) is 1.38. The Labute approximate surface area is 49.3 Å². The van der Waals surface area contributed by atoms with Gasteiger partial charge in [0.15, 0.2) is 0 Å². The third kappa shape index (κ3) is 0.407. The molecule has 8 heavy (non-hydrogen) atoms. The Kier molecular flexibility index (Phi) is 0.588. The quantitative estimate of drug-likeness (QED) is 0.500. The Hall–Kier alpha value is -0.510. The lowest BCUT2D eigenvalue weighted by Crippen LogP contribution is -1.96. The van der Waals surface area contributed by atoms with Crippen molar-refractivity contribution in [2.75, 3.05) is 0 Å². The molecular formula is C7H9N. The van der Waals surface area contributed by atoms with Crippen LogP contribution in [0.5, 0.6) is 0 Å². The second-order valence-electron chi connectivity index (χ2n) is 3.04. The molecule has 0 bridgehead atoms. The van der Waals surface area contributed by atoms with Gasteiger partial charge in [0.25, 0.3) is 0 Å². The predicted molar refractivity (Wildman–Crippen MR) is 30.0 cm³/mol. The first-order valence-electron chi connectivity index (χ1n) is 3.29. The van der Waals surface area contributed by atoms with E-state index in [4.69, 9.17) is 5.26 Å². The van der Waals surface area contributed by atoms with Gasteiger partial charge >= 0.3 is 0 Å². The van der Waals surface area contributed by atoms with Crippen LogP contribution in [0.4, 0.5) is 0 Å². The van der Waals surface area contributed by atoms with E-state index in [2.05, 4.69) is 6.07 Å². The van der Waals surface area contributed by atoms with E-state index in [0.717, 1.165) is 5.92 Å². The maximum Gasteiger partial charge on any atom is 0.0692 e. The van der Waals surface area contributed by atoms with Gasteiger partial charge in [0.2, 0.25) is 0 Å². The molecule has 0 spiro atoms. The maximum atomic E-state index is 8.62. The Morgan fingerprint density at radius 1 is 1.38 bits per heavy atom. The lowest BCUT2D eigenvalue weighted by molar-refractivity contribution is 0.573. The molecule has 42 valence electrons. The van der Waals surface area contributed by atoms with Crippen molar-refractivity contribution in [3.63, 3.8) is 0 Å². The molecule has 0 N–H and O–H groups in total. The van der Waals surface area contributed by atoms with Crippen molar-refractivity contribution in [2.45, 2.75) is 25.7 Å². The van der Waals surface area contributed by atoms with Crippen LogP contribution in [0, 0.1) is 22.7 Å². The monoisotopic (exact) mass is 107 g/mol. The standard InChI is InChI=1S/C7H9N/c8-5-7(3-4-7)6-1-2-6/h6H,1-4H2. The minimum atomic E-state index is 0.208. The fourth-order valence-corrected chi connectivity index (χ4v) is 1.38. The molecular weight excluding hydrogens is 98.1 g/mol. The third-order valence-electron chi connectivity index (χ3n) is 2.37. The first kappa shape index (κ1) is 4.38. The van der Waals surface area contributed by atoms with Crippen molar-refractivity contribution in [3.8, 4) is 6.07 Å². The predicted octanol–water partition coefficient (Wildman–Crippen LogP) is 1.70. The zero-order valence-electron chi connectivity index (χ0n) is 4.85. The van der Waals surface area contributed by atoms with Gasteiger partial charge in [0, 0.05) is 0 Å². The maximum absolute atomic E-state index is 8.62. The normalized spacial score (nSPS) is 31.4. The van der Waals surface area contributed by atoms with Gasteiger partial charge in [-0.05, 0) is 31.6 Å². The van der Waals surface area contributed by atoms with Crippen LogP contribution < -0.4 is 0 Å². The van der Waals surface area contributed by atoms with Crippen molar-refractivity contribution in [3.05, 3.63) is 0 Å². The molecule has 2 aliphatic carbocycles. The first-order valence-corrected chi connectivity index (χ1v) is 3.29. The summed E-state index contributed by atoms with van der Waals surface area (Å²) < 4.78 is 0. The molecule has 2 saturated carbocycles. The molecule has 0 amide bonds. The average molecular weight is 107 g/mol. The summed E-state index contributed by atoms with van der Waals surface area (Å²) in [4.78, 5) is 0. The zero-order chi connectivity index (χ0) is 5.61. The van der Waals surface area contributed by atoms with Crippen molar-refractivity contribution in [1.82, 2.24) is 0 Å². The van der Waals surface area contributed by atoms with Crippen molar-refractivity contribution in [1.29, 1.82) is 5.26 Å². The molecule has 0 aromatic rings. The molecule has 0 radical (unpaired) electrons. The summed E-state index contributed by atoms with van der Waals surface area (Å²) >= 11 is 0. The van der Waals surface area contributed by atoms with Crippen molar-refractivity contribution < 1.29 is 0 Å². The number of hydrogen-bond donors (Lipinski definition) is 0. The van der Waals surface area contributed by atoms with Crippen LogP contribution in [0.15, 0.2) is 0 Å². The van der Waals surface area contributed by atoms with Crippen LogP contribution in [0.3, 0.4) is 0 Å². The molecule has 2 aliphatic rings. The van der Waals surface area contributed by atoms with Gasteiger partial charge < -0.3 is 0 Å².